The molecule has 2 heterocycles. The molecule has 3 rings (SSSR count). The Balaban J connectivity index is 2.00. The summed E-state index contributed by atoms with van der Waals surface area (Å²) in [5, 5.41) is 13.0. The number of aliphatic hydroxyl groups excluding tert-OH is 1. The highest BCUT2D eigenvalue weighted by molar-refractivity contribution is 7.85. The van der Waals surface area contributed by atoms with Crippen LogP contribution in [0, 0.1) is 0 Å². The Morgan fingerprint density at radius 1 is 1.37 bits per heavy atom. The van der Waals surface area contributed by atoms with Crippen molar-refractivity contribution in [1.82, 2.24) is 9.97 Å². The van der Waals surface area contributed by atoms with Gasteiger partial charge in [0.2, 0.25) is 5.28 Å². The van der Waals surface area contributed by atoms with E-state index in [4.69, 9.17) is 11.6 Å². The van der Waals surface area contributed by atoms with Gasteiger partial charge in [-0.25, -0.2) is 4.98 Å². The molecule has 0 bridgehead atoms. The second-order valence-corrected chi connectivity index (χ2v) is 7.03. The summed E-state index contributed by atoms with van der Waals surface area (Å²) < 4.78 is 12.2. The number of rotatable bonds is 3. The second-order valence-electron chi connectivity index (χ2n) is 5.19. The van der Waals surface area contributed by atoms with Crippen LogP contribution in [0.25, 0.3) is 0 Å². The van der Waals surface area contributed by atoms with Crippen LogP contribution in [0.4, 0.5) is 5.82 Å². The first kappa shape index (κ1) is 13.3. The van der Waals surface area contributed by atoms with E-state index in [-0.39, 0.29) is 17.4 Å². The Morgan fingerprint density at radius 3 is 2.79 bits per heavy atom. The molecule has 1 aliphatic carbocycles. The first-order chi connectivity index (χ1) is 9.13. The number of nitrogens with zero attached hydrogens (tertiary/aromatic N) is 2. The highest BCUT2D eigenvalue weighted by atomic mass is 35.5. The molecular formula is C12H16ClN3O2S. The van der Waals surface area contributed by atoms with Crippen LogP contribution in [0.5, 0.6) is 0 Å². The number of aryl methyl sites for hydroxylation is 1. The number of nitrogens with one attached hydrogen (secondary N) is 1. The van der Waals surface area contributed by atoms with Gasteiger partial charge in [-0.3, -0.25) is 4.21 Å². The monoisotopic (exact) mass is 301 g/mol. The number of aromatic nitrogens is 2. The van der Waals surface area contributed by atoms with E-state index in [1.807, 2.05) is 0 Å². The van der Waals surface area contributed by atoms with Gasteiger partial charge in [-0.15, -0.1) is 0 Å². The maximum absolute atomic E-state index is 12.2. The fourth-order valence-corrected chi connectivity index (χ4v) is 4.13. The quantitative estimate of drug-likeness (QED) is 0.828. The molecule has 1 atom stereocenters. The van der Waals surface area contributed by atoms with Crippen LogP contribution in [0.15, 0.2) is 4.90 Å². The van der Waals surface area contributed by atoms with Crippen molar-refractivity contribution in [3.05, 3.63) is 11.0 Å². The van der Waals surface area contributed by atoms with E-state index in [2.05, 4.69) is 15.3 Å². The summed E-state index contributed by atoms with van der Waals surface area (Å²) in [5.41, 5.74) is 0.451. The van der Waals surface area contributed by atoms with Gasteiger partial charge in [-0.1, -0.05) is 0 Å². The van der Waals surface area contributed by atoms with Crippen molar-refractivity contribution in [1.29, 1.82) is 0 Å². The molecule has 0 saturated heterocycles. The molecule has 1 aromatic heterocycles. The SMILES string of the molecule is O=[S@]1CCCc2nc(Cl)nc(NC3(CO)CCC3)c21. The van der Waals surface area contributed by atoms with Crippen LogP contribution in [0.2, 0.25) is 5.28 Å². The van der Waals surface area contributed by atoms with Gasteiger partial charge in [0.1, 0.15) is 10.7 Å². The summed E-state index contributed by atoms with van der Waals surface area (Å²) in [5.74, 6) is 1.18. The molecule has 19 heavy (non-hydrogen) atoms. The normalized spacial score (nSPS) is 24.4. The van der Waals surface area contributed by atoms with Crippen LogP contribution in [0.1, 0.15) is 31.4 Å². The van der Waals surface area contributed by atoms with Gasteiger partial charge >= 0.3 is 0 Å². The molecule has 104 valence electrons. The van der Waals surface area contributed by atoms with Gasteiger partial charge in [-0.2, -0.15) is 4.98 Å². The molecule has 1 aliphatic heterocycles. The Labute approximate surface area is 119 Å². The molecule has 7 heteroatoms. The summed E-state index contributed by atoms with van der Waals surface area (Å²) in [6.07, 6.45) is 4.51. The molecule has 2 N–H and O–H groups in total. The maximum atomic E-state index is 12.2. The summed E-state index contributed by atoms with van der Waals surface area (Å²) in [6, 6.07) is 0. The lowest BCUT2D eigenvalue weighted by atomic mass is 9.77. The van der Waals surface area contributed by atoms with E-state index in [0.29, 0.717) is 16.5 Å². The average molecular weight is 302 g/mol. The van der Waals surface area contributed by atoms with Crippen LogP contribution in [-0.2, 0) is 17.2 Å². The van der Waals surface area contributed by atoms with E-state index in [1.54, 1.807) is 0 Å². The van der Waals surface area contributed by atoms with E-state index in [1.165, 1.54) is 0 Å². The van der Waals surface area contributed by atoms with Gasteiger partial charge in [-0.05, 0) is 43.7 Å². The summed E-state index contributed by atoms with van der Waals surface area (Å²) in [7, 11) is -1.08. The predicted octanol–water partition coefficient (Wildman–Crippen LogP) is 1.51. The predicted molar refractivity (Wildman–Crippen MR) is 73.9 cm³/mol. The molecule has 0 unspecified atom stereocenters. The molecular weight excluding hydrogens is 286 g/mol. The number of hydrogen-bond donors (Lipinski definition) is 2. The minimum absolute atomic E-state index is 0.0516. The van der Waals surface area contributed by atoms with E-state index in [9.17, 15) is 9.32 Å². The smallest absolute Gasteiger partial charge is 0.224 e. The molecule has 0 spiro atoms. The van der Waals surface area contributed by atoms with Crippen molar-refractivity contribution in [2.45, 2.75) is 42.5 Å². The zero-order chi connectivity index (χ0) is 13.5. The van der Waals surface area contributed by atoms with Crippen LogP contribution >= 0.6 is 11.6 Å². The first-order valence-corrected chi connectivity index (χ1v) is 8.17. The number of hydrogen-bond acceptors (Lipinski definition) is 5. The van der Waals surface area contributed by atoms with Gasteiger partial charge < -0.3 is 10.4 Å². The van der Waals surface area contributed by atoms with Gasteiger partial charge in [0.25, 0.3) is 0 Å². The van der Waals surface area contributed by atoms with Crippen LogP contribution in [0.3, 0.4) is 0 Å². The summed E-state index contributed by atoms with van der Waals surface area (Å²) in [6.45, 7) is 0.0516. The van der Waals surface area contributed by atoms with Crippen molar-refractivity contribution in [3.8, 4) is 0 Å². The lowest BCUT2D eigenvalue weighted by Gasteiger charge is -2.41. The zero-order valence-corrected chi connectivity index (χ0v) is 12.1. The molecule has 1 fully saturated rings. The largest absolute Gasteiger partial charge is 0.394 e. The molecule has 2 aliphatic rings. The Bertz CT molecular complexity index is 528. The fraction of sp³-hybridized carbons (Fsp3) is 0.667. The van der Waals surface area contributed by atoms with Crippen LogP contribution < -0.4 is 5.32 Å². The van der Waals surface area contributed by atoms with E-state index < -0.39 is 10.8 Å². The number of fused-ring (bicyclic) bond motifs is 1. The maximum Gasteiger partial charge on any atom is 0.224 e. The topological polar surface area (TPSA) is 75.1 Å². The van der Waals surface area contributed by atoms with Crippen molar-refractivity contribution in [2.24, 2.45) is 0 Å². The lowest BCUT2D eigenvalue weighted by molar-refractivity contribution is 0.143. The average Bonchev–Trinajstić information content (AvgIpc) is 2.33. The lowest BCUT2D eigenvalue weighted by Crippen LogP contribution is -2.49. The van der Waals surface area contributed by atoms with Crippen LogP contribution in [-0.4, -0.2) is 37.2 Å². The summed E-state index contributed by atoms with van der Waals surface area (Å²) in [4.78, 5) is 9.05. The minimum Gasteiger partial charge on any atom is -0.394 e. The highest BCUT2D eigenvalue weighted by Gasteiger charge is 2.38. The Morgan fingerprint density at radius 2 is 2.16 bits per heavy atom. The van der Waals surface area contributed by atoms with Crippen molar-refractivity contribution in [3.63, 3.8) is 0 Å². The highest BCUT2D eigenvalue weighted by Crippen LogP contribution is 2.37. The third-order valence-electron chi connectivity index (χ3n) is 3.88. The van der Waals surface area contributed by atoms with Gasteiger partial charge in [0, 0.05) is 5.75 Å². The number of aliphatic hydroxyl groups is 1. The molecule has 1 saturated carbocycles. The van der Waals surface area contributed by atoms with Gasteiger partial charge in [0.05, 0.1) is 28.6 Å². The number of anilines is 1. The zero-order valence-electron chi connectivity index (χ0n) is 10.5. The van der Waals surface area contributed by atoms with Crippen molar-refractivity contribution >= 4 is 28.2 Å². The minimum atomic E-state index is -1.08. The van der Waals surface area contributed by atoms with Gasteiger partial charge in [0.15, 0.2) is 0 Å². The Kier molecular flexibility index (Phi) is 3.49. The third kappa shape index (κ3) is 2.37. The third-order valence-corrected chi connectivity index (χ3v) is 5.59. The molecule has 0 radical (unpaired) electrons. The molecule has 1 aromatic rings. The van der Waals surface area contributed by atoms with Crippen molar-refractivity contribution in [2.75, 3.05) is 17.7 Å². The molecule has 0 amide bonds. The molecule has 5 nitrogen and oxygen atoms in total. The Hall–Kier alpha value is -0.720. The van der Waals surface area contributed by atoms with Crippen molar-refractivity contribution < 1.29 is 9.32 Å². The number of halogens is 1. The fourth-order valence-electron chi connectivity index (χ4n) is 2.61. The first-order valence-electron chi connectivity index (χ1n) is 6.47. The van der Waals surface area contributed by atoms with E-state index in [0.717, 1.165) is 37.8 Å². The summed E-state index contributed by atoms with van der Waals surface area (Å²) >= 11 is 5.94. The molecule has 0 aromatic carbocycles. The standard InChI is InChI=1S/C12H16ClN3O2S/c13-11-14-8-3-1-6-19(18)9(8)10(15-11)16-12(7-17)4-2-5-12/h17H,1-7H2,(H,14,15,16)/t19-/m0/s1. The second kappa shape index (κ2) is 5.00. The van der Waals surface area contributed by atoms with E-state index >= 15 is 0 Å².